The van der Waals surface area contributed by atoms with Gasteiger partial charge in [0.05, 0.1) is 18.1 Å². The number of fused-ring (bicyclic) bond motifs is 1. The van der Waals surface area contributed by atoms with Crippen molar-refractivity contribution < 1.29 is 9.53 Å². The molecule has 96 valence electrons. The molecule has 5 nitrogen and oxygen atoms in total. The van der Waals surface area contributed by atoms with Crippen molar-refractivity contribution >= 4 is 23.0 Å². The van der Waals surface area contributed by atoms with Gasteiger partial charge in [-0.15, -0.1) is 0 Å². The Morgan fingerprint density at radius 1 is 1.50 bits per heavy atom. The number of aryl methyl sites for hydroxylation is 1. The Kier molecular flexibility index (Phi) is 3.50. The maximum Gasteiger partial charge on any atom is 0.328 e. The predicted octanol–water partition coefficient (Wildman–Crippen LogP) is 1.94. The van der Waals surface area contributed by atoms with E-state index in [1.165, 1.54) is 7.11 Å². The molecule has 1 aromatic heterocycles. The topological polar surface area (TPSA) is 56.2 Å². The lowest BCUT2D eigenvalue weighted by molar-refractivity contribution is -0.141. The first kappa shape index (κ1) is 12.4. The smallest absolute Gasteiger partial charge is 0.328 e. The SMILES string of the molecule is CCC(Nc1nc2ccccc2n1C)C(=O)OC. The number of hydrogen-bond acceptors (Lipinski definition) is 4. The van der Waals surface area contributed by atoms with Gasteiger partial charge in [-0.3, -0.25) is 0 Å². The lowest BCUT2D eigenvalue weighted by Crippen LogP contribution is -2.30. The van der Waals surface area contributed by atoms with Crippen molar-refractivity contribution in [1.82, 2.24) is 9.55 Å². The Morgan fingerprint density at radius 3 is 2.83 bits per heavy atom. The highest BCUT2D eigenvalue weighted by molar-refractivity contribution is 5.81. The van der Waals surface area contributed by atoms with Crippen molar-refractivity contribution in [3.63, 3.8) is 0 Å². The Hall–Kier alpha value is -2.04. The van der Waals surface area contributed by atoms with Crippen LogP contribution in [0.15, 0.2) is 24.3 Å². The molecule has 0 aliphatic rings. The van der Waals surface area contributed by atoms with E-state index < -0.39 is 0 Å². The summed E-state index contributed by atoms with van der Waals surface area (Å²) in [6.07, 6.45) is 0.649. The molecule has 1 unspecified atom stereocenters. The van der Waals surface area contributed by atoms with Crippen molar-refractivity contribution in [3.05, 3.63) is 24.3 Å². The van der Waals surface area contributed by atoms with Gasteiger partial charge in [-0.25, -0.2) is 9.78 Å². The number of rotatable bonds is 4. The fourth-order valence-corrected chi connectivity index (χ4v) is 1.90. The van der Waals surface area contributed by atoms with Crippen molar-refractivity contribution in [2.45, 2.75) is 19.4 Å². The molecule has 18 heavy (non-hydrogen) atoms. The van der Waals surface area contributed by atoms with Crippen molar-refractivity contribution in [3.8, 4) is 0 Å². The van der Waals surface area contributed by atoms with E-state index in [1.54, 1.807) is 0 Å². The molecular weight excluding hydrogens is 230 g/mol. The van der Waals surface area contributed by atoms with E-state index in [2.05, 4.69) is 10.3 Å². The standard InChI is InChI=1S/C13H17N3O2/c1-4-9(12(17)18-3)14-13-15-10-7-5-6-8-11(10)16(13)2/h5-9H,4H2,1-3H3,(H,14,15). The highest BCUT2D eigenvalue weighted by Gasteiger charge is 2.19. The number of carbonyl (C=O) groups is 1. The Morgan fingerprint density at radius 2 is 2.22 bits per heavy atom. The number of anilines is 1. The molecule has 0 aliphatic carbocycles. The minimum absolute atomic E-state index is 0.274. The molecule has 0 fully saturated rings. The monoisotopic (exact) mass is 247 g/mol. The number of para-hydroxylation sites is 2. The van der Waals surface area contributed by atoms with Gasteiger partial charge in [-0.05, 0) is 18.6 Å². The molecule has 0 spiro atoms. The van der Waals surface area contributed by atoms with E-state index in [0.29, 0.717) is 12.4 Å². The van der Waals surface area contributed by atoms with Crippen LogP contribution in [0, 0.1) is 0 Å². The minimum atomic E-state index is -0.370. The second kappa shape index (κ2) is 5.08. The third-order valence-electron chi connectivity index (χ3n) is 2.98. The maximum atomic E-state index is 11.6. The predicted molar refractivity (Wildman–Crippen MR) is 70.4 cm³/mol. The van der Waals surface area contributed by atoms with Crippen LogP contribution < -0.4 is 5.32 Å². The molecular formula is C13H17N3O2. The highest BCUT2D eigenvalue weighted by Crippen LogP contribution is 2.18. The third-order valence-corrected chi connectivity index (χ3v) is 2.98. The largest absolute Gasteiger partial charge is 0.467 e. The number of ether oxygens (including phenoxy) is 1. The van der Waals surface area contributed by atoms with Crippen molar-refractivity contribution in [2.24, 2.45) is 7.05 Å². The second-order valence-corrected chi connectivity index (χ2v) is 4.11. The molecule has 0 bridgehead atoms. The van der Waals surface area contributed by atoms with E-state index in [0.717, 1.165) is 11.0 Å². The molecule has 2 aromatic rings. The van der Waals surface area contributed by atoms with Crippen LogP contribution in [-0.2, 0) is 16.6 Å². The van der Waals surface area contributed by atoms with E-state index in [9.17, 15) is 4.79 Å². The summed E-state index contributed by atoms with van der Waals surface area (Å²) in [7, 11) is 3.31. The summed E-state index contributed by atoms with van der Waals surface area (Å²) in [6, 6.07) is 7.47. The van der Waals surface area contributed by atoms with Gasteiger partial charge in [0.15, 0.2) is 0 Å². The van der Waals surface area contributed by atoms with E-state index in [4.69, 9.17) is 4.74 Å². The molecule has 0 saturated carbocycles. The number of imidazole rings is 1. The first-order valence-corrected chi connectivity index (χ1v) is 5.93. The van der Waals surface area contributed by atoms with Gasteiger partial charge in [0.2, 0.25) is 5.95 Å². The lowest BCUT2D eigenvalue weighted by atomic mass is 10.2. The number of nitrogens with one attached hydrogen (secondary N) is 1. The lowest BCUT2D eigenvalue weighted by Gasteiger charge is -2.14. The molecule has 1 N–H and O–H groups in total. The molecule has 0 saturated heterocycles. The van der Waals surface area contributed by atoms with E-state index in [-0.39, 0.29) is 12.0 Å². The average Bonchev–Trinajstić information content (AvgIpc) is 2.72. The van der Waals surface area contributed by atoms with Gasteiger partial charge in [0, 0.05) is 7.05 Å². The number of hydrogen-bond donors (Lipinski definition) is 1. The molecule has 2 rings (SSSR count). The first-order chi connectivity index (χ1) is 8.67. The van der Waals surface area contributed by atoms with Gasteiger partial charge in [0.25, 0.3) is 0 Å². The Balaban J connectivity index is 2.31. The minimum Gasteiger partial charge on any atom is -0.467 e. The Bertz CT molecular complexity index is 562. The number of nitrogens with zero attached hydrogens (tertiary/aromatic N) is 2. The van der Waals surface area contributed by atoms with E-state index in [1.807, 2.05) is 42.8 Å². The van der Waals surface area contributed by atoms with Gasteiger partial charge in [-0.1, -0.05) is 19.1 Å². The first-order valence-electron chi connectivity index (χ1n) is 5.93. The summed E-state index contributed by atoms with van der Waals surface area (Å²) < 4.78 is 6.68. The zero-order chi connectivity index (χ0) is 13.1. The summed E-state index contributed by atoms with van der Waals surface area (Å²) in [4.78, 5) is 16.0. The quantitative estimate of drug-likeness (QED) is 0.839. The number of aromatic nitrogens is 2. The summed E-state index contributed by atoms with van der Waals surface area (Å²) in [5, 5.41) is 3.11. The van der Waals surface area contributed by atoms with Gasteiger partial charge in [0.1, 0.15) is 6.04 Å². The number of esters is 1. The van der Waals surface area contributed by atoms with Gasteiger partial charge < -0.3 is 14.6 Å². The zero-order valence-electron chi connectivity index (χ0n) is 10.8. The third kappa shape index (κ3) is 2.16. The van der Waals surface area contributed by atoms with Crippen molar-refractivity contribution in [1.29, 1.82) is 0 Å². The molecule has 1 heterocycles. The highest BCUT2D eigenvalue weighted by atomic mass is 16.5. The van der Waals surface area contributed by atoms with Crippen molar-refractivity contribution in [2.75, 3.05) is 12.4 Å². The van der Waals surface area contributed by atoms with Gasteiger partial charge in [-0.2, -0.15) is 0 Å². The summed E-state index contributed by atoms with van der Waals surface area (Å²) in [6.45, 7) is 1.93. The number of carbonyl (C=O) groups excluding carboxylic acids is 1. The van der Waals surface area contributed by atoms with Gasteiger partial charge >= 0.3 is 5.97 Å². The van der Waals surface area contributed by atoms with Crippen LogP contribution in [0.2, 0.25) is 0 Å². The van der Waals surface area contributed by atoms with Crippen LogP contribution in [0.25, 0.3) is 11.0 Å². The zero-order valence-corrected chi connectivity index (χ0v) is 10.8. The second-order valence-electron chi connectivity index (χ2n) is 4.11. The molecule has 0 aliphatic heterocycles. The van der Waals surface area contributed by atoms with Crippen LogP contribution in [0.5, 0.6) is 0 Å². The molecule has 0 radical (unpaired) electrons. The maximum absolute atomic E-state index is 11.6. The number of methoxy groups -OCH3 is 1. The average molecular weight is 247 g/mol. The number of benzene rings is 1. The van der Waals surface area contributed by atoms with E-state index >= 15 is 0 Å². The molecule has 5 heteroatoms. The normalized spacial score (nSPS) is 12.4. The molecule has 1 atom stereocenters. The van der Waals surface area contributed by atoms with Crippen LogP contribution >= 0.6 is 0 Å². The van der Waals surface area contributed by atoms with Crippen LogP contribution in [0.3, 0.4) is 0 Å². The molecule has 0 amide bonds. The van der Waals surface area contributed by atoms with Crippen LogP contribution in [0.4, 0.5) is 5.95 Å². The summed E-state index contributed by atoms with van der Waals surface area (Å²) in [5.41, 5.74) is 1.93. The fourth-order valence-electron chi connectivity index (χ4n) is 1.90. The summed E-state index contributed by atoms with van der Waals surface area (Å²) in [5.74, 6) is 0.401. The fraction of sp³-hybridized carbons (Fsp3) is 0.385. The molecule has 1 aromatic carbocycles. The van der Waals surface area contributed by atoms with Crippen LogP contribution in [0.1, 0.15) is 13.3 Å². The Labute approximate surface area is 106 Å². The summed E-state index contributed by atoms with van der Waals surface area (Å²) >= 11 is 0. The van der Waals surface area contributed by atoms with Crippen LogP contribution in [-0.4, -0.2) is 28.7 Å².